The van der Waals surface area contributed by atoms with Crippen LogP contribution in [-0.4, -0.2) is 22.0 Å². The number of pyridine rings is 1. The van der Waals surface area contributed by atoms with Gasteiger partial charge in [0.15, 0.2) is 0 Å². The van der Waals surface area contributed by atoms with Crippen molar-refractivity contribution in [3.05, 3.63) is 24.0 Å². The van der Waals surface area contributed by atoms with Gasteiger partial charge < -0.3 is 10.4 Å². The number of aliphatic carboxylic acids is 1. The number of carboxylic acids is 1. The van der Waals surface area contributed by atoms with Crippen LogP contribution in [0.4, 0.5) is 5.69 Å². The van der Waals surface area contributed by atoms with Crippen molar-refractivity contribution in [2.75, 3.05) is 5.32 Å². The van der Waals surface area contributed by atoms with Crippen LogP contribution < -0.4 is 5.32 Å². The Morgan fingerprint density at radius 3 is 2.58 bits per heavy atom. The number of carbonyl (C=O) groups is 2. The third-order valence-electron chi connectivity index (χ3n) is 3.59. The van der Waals surface area contributed by atoms with E-state index in [1.54, 1.807) is 39.2 Å². The van der Waals surface area contributed by atoms with E-state index < -0.39 is 11.4 Å². The fourth-order valence-corrected chi connectivity index (χ4v) is 1.67. The van der Waals surface area contributed by atoms with Crippen molar-refractivity contribution in [3.63, 3.8) is 0 Å². The van der Waals surface area contributed by atoms with E-state index in [-0.39, 0.29) is 18.2 Å². The second kappa shape index (κ2) is 5.82. The van der Waals surface area contributed by atoms with E-state index in [9.17, 15) is 14.7 Å². The van der Waals surface area contributed by atoms with Gasteiger partial charge in [0.05, 0.1) is 5.41 Å². The van der Waals surface area contributed by atoms with E-state index in [0.29, 0.717) is 5.69 Å². The zero-order valence-corrected chi connectivity index (χ0v) is 11.7. The first-order valence-corrected chi connectivity index (χ1v) is 6.21. The lowest BCUT2D eigenvalue weighted by Crippen LogP contribution is -2.37. The Bertz CT molecular complexity index is 485. The van der Waals surface area contributed by atoms with Gasteiger partial charge in [-0.05, 0) is 31.4 Å². The van der Waals surface area contributed by atoms with Gasteiger partial charge in [0.2, 0.25) is 5.91 Å². The first-order chi connectivity index (χ1) is 8.77. The molecule has 0 aliphatic rings. The number of rotatable bonds is 5. The molecule has 1 amide bonds. The number of aryl methyl sites for hydroxylation is 1. The van der Waals surface area contributed by atoms with Crippen molar-refractivity contribution >= 4 is 17.6 Å². The van der Waals surface area contributed by atoms with Crippen molar-refractivity contribution in [1.82, 2.24) is 4.98 Å². The Hall–Kier alpha value is -1.91. The molecule has 0 radical (unpaired) electrons. The van der Waals surface area contributed by atoms with Gasteiger partial charge in [-0.2, -0.15) is 0 Å². The van der Waals surface area contributed by atoms with E-state index in [2.05, 4.69) is 10.3 Å². The predicted molar refractivity (Wildman–Crippen MR) is 72.8 cm³/mol. The van der Waals surface area contributed by atoms with Gasteiger partial charge >= 0.3 is 5.97 Å². The van der Waals surface area contributed by atoms with Crippen LogP contribution in [0.25, 0.3) is 0 Å². The number of hydrogen-bond donors (Lipinski definition) is 2. The van der Waals surface area contributed by atoms with Crippen molar-refractivity contribution in [1.29, 1.82) is 0 Å². The summed E-state index contributed by atoms with van der Waals surface area (Å²) in [5, 5.41) is 12.0. The highest BCUT2D eigenvalue weighted by molar-refractivity contribution is 5.94. The smallest absolute Gasteiger partial charge is 0.310 e. The van der Waals surface area contributed by atoms with Crippen molar-refractivity contribution < 1.29 is 14.7 Å². The largest absolute Gasteiger partial charge is 0.481 e. The monoisotopic (exact) mass is 264 g/mol. The second-order valence-corrected chi connectivity index (χ2v) is 5.29. The number of anilines is 1. The molecule has 2 N–H and O–H groups in total. The molecule has 1 aromatic rings. The Morgan fingerprint density at radius 2 is 2.11 bits per heavy atom. The van der Waals surface area contributed by atoms with E-state index in [1.807, 2.05) is 6.92 Å². The molecule has 1 aromatic heterocycles. The molecular formula is C14H20N2O3. The van der Waals surface area contributed by atoms with Crippen LogP contribution in [0.1, 0.15) is 32.8 Å². The molecule has 0 aliphatic heterocycles. The maximum absolute atomic E-state index is 12.0. The molecule has 19 heavy (non-hydrogen) atoms. The summed E-state index contributed by atoms with van der Waals surface area (Å²) in [6.45, 7) is 7.04. The molecule has 0 spiro atoms. The molecule has 1 rings (SSSR count). The number of hydrogen-bond acceptors (Lipinski definition) is 3. The molecule has 0 fully saturated rings. The first-order valence-electron chi connectivity index (χ1n) is 6.21. The van der Waals surface area contributed by atoms with Crippen LogP contribution in [-0.2, 0) is 9.59 Å². The minimum absolute atomic E-state index is 0.0538. The quantitative estimate of drug-likeness (QED) is 0.856. The summed E-state index contributed by atoms with van der Waals surface area (Å²) in [5.74, 6) is -1.38. The van der Waals surface area contributed by atoms with Gasteiger partial charge in [-0.25, -0.2) is 0 Å². The van der Waals surface area contributed by atoms with Crippen LogP contribution in [0.3, 0.4) is 0 Å². The lowest BCUT2D eigenvalue weighted by atomic mass is 9.76. The molecule has 5 heteroatoms. The highest BCUT2D eigenvalue weighted by atomic mass is 16.4. The van der Waals surface area contributed by atoms with Gasteiger partial charge in [-0.3, -0.25) is 14.6 Å². The maximum atomic E-state index is 12.0. The van der Waals surface area contributed by atoms with E-state index in [0.717, 1.165) is 5.56 Å². The normalized spacial score (nSPS) is 13.9. The molecule has 1 atom stereocenters. The summed E-state index contributed by atoms with van der Waals surface area (Å²) < 4.78 is 0. The topological polar surface area (TPSA) is 79.3 Å². The van der Waals surface area contributed by atoms with Gasteiger partial charge in [0.1, 0.15) is 0 Å². The number of carboxylic acid groups (broad SMARTS) is 1. The summed E-state index contributed by atoms with van der Waals surface area (Å²) in [4.78, 5) is 27.3. The summed E-state index contributed by atoms with van der Waals surface area (Å²) in [6, 6.07) is 1.70. The average molecular weight is 264 g/mol. The number of aromatic nitrogens is 1. The molecule has 1 unspecified atom stereocenters. The number of carbonyl (C=O) groups excluding carboxylic acids is 1. The zero-order chi connectivity index (χ0) is 14.6. The van der Waals surface area contributed by atoms with Gasteiger partial charge in [-0.1, -0.05) is 13.8 Å². The summed E-state index contributed by atoms with van der Waals surface area (Å²) in [6.07, 6.45) is 3.18. The maximum Gasteiger partial charge on any atom is 0.310 e. The molecule has 0 saturated carbocycles. The Morgan fingerprint density at radius 1 is 1.47 bits per heavy atom. The van der Waals surface area contributed by atoms with Crippen LogP contribution in [0, 0.1) is 18.3 Å². The standard InChI is InChI=1S/C14H20N2O3/c1-9(2)14(4,13(18)19)7-12(17)16-11-5-6-15-8-10(11)3/h5-6,8-9H,7H2,1-4H3,(H,18,19)(H,15,16,17). The van der Waals surface area contributed by atoms with Gasteiger partial charge in [0.25, 0.3) is 0 Å². The van der Waals surface area contributed by atoms with Gasteiger partial charge in [-0.15, -0.1) is 0 Å². The van der Waals surface area contributed by atoms with Crippen LogP contribution in [0.15, 0.2) is 18.5 Å². The first kappa shape index (κ1) is 15.1. The zero-order valence-electron chi connectivity index (χ0n) is 11.7. The average Bonchev–Trinajstić information content (AvgIpc) is 2.31. The molecule has 5 nitrogen and oxygen atoms in total. The third-order valence-corrected chi connectivity index (χ3v) is 3.59. The highest BCUT2D eigenvalue weighted by Crippen LogP contribution is 2.31. The lowest BCUT2D eigenvalue weighted by molar-refractivity contribution is -0.153. The summed E-state index contributed by atoms with van der Waals surface area (Å²) in [5.41, 5.74) is 0.444. The Kier molecular flexibility index (Phi) is 4.64. The molecule has 1 heterocycles. The van der Waals surface area contributed by atoms with Crippen LogP contribution in [0.2, 0.25) is 0 Å². The molecule has 0 aliphatic carbocycles. The van der Waals surface area contributed by atoms with E-state index in [4.69, 9.17) is 0 Å². The predicted octanol–water partition coefficient (Wildman–Crippen LogP) is 2.47. The highest BCUT2D eigenvalue weighted by Gasteiger charge is 2.38. The Balaban J connectivity index is 2.80. The van der Waals surface area contributed by atoms with Gasteiger partial charge in [0, 0.05) is 24.5 Å². The third kappa shape index (κ3) is 3.53. The van der Waals surface area contributed by atoms with Crippen LogP contribution >= 0.6 is 0 Å². The molecule has 0 saturated heterocycles. The van der Waals surface area contributed by atoms with Crippen molar-refractivity contribution in [2.24, 2.45) is 11.3 Å². The summed E-state index contributed by atoms with van der Waals surface area (Å²) in [7, 11) is 0. The minimum atomic E-state index is -1.06. The number of amides is 1. The molecule has 0 aromatic carbocycles. The molecule has 104 valence electrons. The number of nitrogens with zero attached hydrogens (tertiary/aromatic N) is 1. The van der Waals surface area contributed by atoms with E-state index >= 15 is 0 Å². The van der Waals surface area contributed by atoms with Crippen molar-refractivity contribution in [3.8, 4) is 0 Å². The molecular weight excluding hydrogens is 244 g/mol. The fourth-order valence-electron chi connectivity index (χ4n) is 1.67. The van der Waals surface area contributed by atoms with Crippen LogP contribution in [0.5, 0.6) is 0 Å². The molecule has 0 bridgehead atoms. The minimum Gasteiger partial charge on any atom is -0.481 e. The summed E-state index contributed by atoms with van der Waals surface area (Å²) >= 11 is 0. The van der Waals surface area contributed by atoms with E-state index in [1.165, 1.54) is 0 Å². The number of nitrogens with one attached hydrogen (secondary N) is 1. The second-order valence-electron chi connectivity index (χ2n) is 5.29. The fraction of sp³-hybridized carbons (Fsp3) is 0.500. The Labute approximate surface area is 113 Å². The SMILES string of the molecule is Cc1cnccc1NC(=O)CC(C)(C(=O)O)C(C)C. The lowest BCUT2D eigenvalue weighted by Gasteiger charge is -2.28. The van der Waals surface area contributed by atoms with Crippen molar-refractivity contribution in [2.45, 2.75) is 34.1 Å².